The lowest BCUT2D eigenvalue weighted by Gasteiger charge is -2.39. The van der Waals surface area contributed by atoms with Crippen LogP contribution in [0.4, 0.5) is 0 Å². The molecule has 3 rings (SSSR count). The zero-order chi connectivity index (χ0) is 22.5. The fourth-order valence-electron chi connectivity index (χ4n) is 5.97. The molecule has 2 saturated carbocycles. The lowest BCUT2D eigenvalue weighted by atomic mass is 9.84. The average Bonchev–Trinajstić information content (AvgIpc) is 2.70. The van der Waals surface area contributed by atoms with Crippen LogP contribution in [-0.4, -0.2) is 57.8 Å². The van der Waals surface area contributed by atoms with Crippen molar-refractivity contribution in [3.8, 4) is 0 Å². The third-order valence-corrected chi connectivity index (χ3v) is 8.77. The van der Waals surface area contributed by atoms with Crippen LogP contribution in [0.15, 0.2) is 5.10 Å². The number of nitrogens with zero attached hydrogens (tertiary/aromatic N) is 1. The van der Waals surface area contributed by atoms with E-state index in [4.69, 9.17) is 5.10 Å². The third kappa shape index (κ3) is 7.46. The number of hydroxylamine groups is 4. The highest BCUT2D eigenvalue weighted by Crippen LogP contribution is 2.30. The van der Waals surface area contributed by atoms with Gasteiger partial charge >= 0.3 is 0 Å². The highest BCUT2D eigenvalue weighted by molar-refractivity contribution is 14.1. The third-order valence-electron chi connectivity index (χ3n) is 7.53. The molecular weight excluding hydrogens is 513 g/mol. The number of quaternary nitrogens is 3. The Morgan fingerprint density at radius 1 is 1.00 bits per heavy atom. The summed E-state index contributed by atoms with van der Waals surface area (Å²) in [6.07, 6.45) is 7.26. The standard InChI is InChI=1S/C21H40IN5O4/c1-14-9-15(2)12-25(11-14)13-20(16-3-5-17(22)6-4-16)24-23-19-8-7-18(26(28)29)10-21(19)27(30)31/h14-19,21,23,26-28,30H,3-13H2,1-2H3/p+1. The smallest absolute Gasteiger partial charge is 0.144 e. The molecule has 0 aromatic heterocycles. The topological polar surface area (TPSA) is 124 Å². The van der Waals surface area contributed by atoms with Gasteiger partial charge in [-0.2, -0.15) is 5.10 Å². The van der Waals surface area contributed by atoms with Crippen LogP contribution in [0, 0.1) is 28.2 Å². The normalized spacial score (nSPS) is 42.1. The molecule has 0 amide bonds. The van der Waals surface area contributed by atoms with Gasteiger partial charge in [0.25, 0.3) is 0 Å². The first-order valence-electron chi connectivity index (χ1n) is 12.0. The van der Waals surface area contributed by atoms with Crippen molar-refractivity contribution < 1.29 is 25.8 Å². The number of piperidine rings is 1. The van der Waals surface area contributed by atoms with Crippen molar-refractivity contribution in [2.45, 2.75) is 87.3 Å². The van der Waals surface area contributed by atoms with E-state index in [-0.39, 0.29) is 12.5 Å². The maximum Gasteiger partial charge on any atom is 0.144 e. The molecule has 7 atom stereocenters. The van der Waals surface area contributed by atoms with Crippen molar-refractivity contribution in [1.29, 1.82) is 0 Å². The van der Waals surface area contributed by atoms with E-state index in [1.54, 1.807) is 4.90 Å². The molecule has 1 heterocycles. The fraction of sp³-hybridized carbons (Fsp3) is 0.952. The lowest BCUT2D eigenvalue weighted by Crippen LogP contribution is -3.15. The van der Waals surface area contributed by atoms with E-state index in [1.807, 2.05) is 0 Å². The summed E-state index contributed by atoms with van der Waals surface area (Å²) in [5.74, 6) is 1.92. The highest BCUT2D eigenvalue weighted by atomic mass is 127. The fourth-order valence-corrected chi connectivity index (χ4v) is 6.69. The largest absolute Gasteiger partial charge is 0.600 e. The zero-order valence-electron chi connectivity index (χ0n) is 18.9. The quantitative estimate of drug-likeness (QED) is 0.108. The second-order valence-corrected chi connectivity index (χ2v) is 12.1. The van der Waals surface area contributed by atoms with Crippen LogP contribution >= 0.6 is 22.6 Å². The second-order valence-electron chi connectivity index (χ2n) is 10.4. The van der Waals surface area contributed by atoms with E-state index in [1.165, 1.54) is 38.1 Å². The Labute approximate surface area is 199 Å². The number of hydrogen-bond donors (Lipinski definition) is 6. The summed E-state index contributed by atoms with van der Waals surface area (Å²) in [5, 5.41) is 45.2. The Kier molecular flexibility index (Phi) is 9.78. The molecule has 31 heavy (non-hydrogen) atoms. The van der Waals surface area contributed by atoms with Crippen LogP contribution < -0.4 is 20.8 Å². The summed E-state index contributed by atoms with van der Waals surface area (Å²) in [5.41, 5.74) is 4.43. The number of nitrogens with one attached hydrogen (secondary N) is 4. The summed E-state index contributed by atoms with van der Waals surface area (Å²) < 4.78 is 0.744. The van der Waals surface area contributed by atoms with E-state index < -0.39 is 22.5 Å². The molecule has 3 aliphatic rings. The number of likely N-dealkylation sites (tertiary alicyclic amines) is 1. The summed E-state index contributed by atoms with van der Waals surface area (Å²) in [4.78, 5) is 1.59. The number of hydrogen-bond acceptors (Lipinski definition) is 6. The van der Waals surface area contributed by atoms with Crippen LogP contribution in [0.5, 0.6) is 0 Å². The van der Waals surface area contributed by atoms with Gasteiger partial charge in [-0.1, -0.05) is 36.4 Å². The molecule has 180 valence electrons. The lowest BCUT2D eigenvalue weighted by molar-refractivity contribution is -1.09. The van der Waals surface area contributed by atoms with Gasteiger partial charge in [0.2, 0.25) is 0 Å². The number of alkyl halides is 1. The van der Waals surface area contributed by atoms with Crippen molar-refractivity contribution in [2.75, 3.05) is 19.6 Å². The first-order chi connectivity index (χ1) is 14.7. The predicted molar refractivity (Wildman–Crippen MR) is 126 cm³/mol. The molecule has 6 N–H and O–H groups in total. The van der Waals surface area contributed by atoms with E-state index in [0.717, 1.165) is 35.1 Å². The molecule has 0 spiro atoms. The Morgan fingerprint density at radius 3 is 2.23 bits per heavy atom. The summed E-state index contributed by atoms with van der Waals surface area (Å²) in [6, 6.07) is -1.56. The summed E-state index contributed by atoms with van der Waals surface area (Å²) in [6.45, 7) is 7.95. The van der Waals surface area contributed by atoms with Crippen molar-refractivity contribution in [1.82, 2.24) is 5.43 Å². The first kappa shape index (κ1) is 25.5. The molecule has 9 nitrogen and oxygen atoms in total. The molecule has 1 aliphatic heterocycles. The van der Waals surface area contributed by atoms with Crippen LogP contribution in [0.25, 0.3) is 0 Å². The molecule has 0 bridgehead atoms. The van der Waals surface area contributed by atoms with Crippen molar-refractivity contribution in [3.63, 3.8) is 0 Å². The van der Waals surface area contributed by atoms with Gasteiger partial charge in [0.05, 0.1) is 31.3 Å². The van der Waals surface area contributed by atoms with Gasteiger partial charge in [0, 0.05) is 28.1 Å². The molecule has 3 fully saturated rings. The van der Waals surface area contributed by atoms with Gasteiger partial charge in [0.1, 0.15) is 18.6 Å². The Balaban J connectivity index is 1.70. The van der Waals surface area contributed by atoms with Gasteiger partial charge in [0.15, 0.2) is 0 Å². The number of rotatable bonds is 7. The number of hydrazone groups is 1. The maximum atomic E-state index is 11.8. The van der Waals surface area contributed by atoms with Crippen LogP contribution in [0.1, 0.15) is 65.2 Å². The molecule has 0 radical (unpaired) electrons. The SMILES string of the molecule is CC1CC(C)C[NH+](CC(=NNC2CCC([NH+]([O-])O)CC2[NH+]([O-])O)C2CCC(I)CC2)C1. The highest BCUT2D eigenvalue weighted by Gasteiger charge is 2.38. The van der Waals surface area contributed by atoms with E-state index >= 15 is 0 Å². The van der Waals surface area contributed by atoms with E-state index in [9.17, 15) is 20.8 Å². The maximum absolute atomic E-state index is 11.8. The predicted octanol–water partition coefficient (Wildman–Crippen LogP) is -0.680. The molecule has 1 saturated heterocycles. The van der Waals surface area contributed by atoms with Crippen LogP contribution in [0.2, 0.25) is 0 Å². The molecule has 0 aromatic carbocycles. The molecule has 2 aliphatic carbocycles. The Bertz CT molecular complexity index is 578. The van der Waals surface area contributed by atoms with Crippen molar-refractivity contribution >= 4 is 28.3 Å². The minimum absolute atomic E-state index is 0.180. The van der Waals surface area contributed by atoms with E-state index in [0.29, 0.717) is 18.8 Å². The average molecular weight is 554 g/mol. The van der Waals surface area contributed by atoms with Crippen molar-refractivity contribution in [2.24, 2.45) is 22.9 Å². The monoisotopic (exact) mass is 554 g/mol. The minimum Gasteiger partial charge on any atom is -0.600 e. The van der Waals surface area contributed by atoms with Crippen LogP contribution in [-0.2, 0) is 0 Å². The zero-order valence-corrected chi connectivity index (χ0v) is 21.0. The van der Waals surface area contributed by atoms with Gasteiger partial charge in [-0.25, -0.2) is 20.9 Å². The molecule has 10 heteroatoms. The van der Waals surface area contributed by atoms with Crippen LogP contribution in [0.3, 0.4) is 0 Å². The second kappa shape index (κ2) is 11.9. The molecule has 0 aromatic rings. The first-order valence-corrected chi connectivity index (χ1v) is 13.2. The van der Waals surface area contributed by atoms with Gasteiger partial charge in [-0.15, -0.1) is 0 Å². The van der Waals surface area contributed by atoms with Crippen molar-refractivity contribution in [3.05, 3.63) is 10.4 Å². The van der Waals surface area contributed by atoms with Gasteiger partial charge in [-0.3, -0.25) is 0 Å². The Hall–Kier alpha value is -0.0800. The summed E-state index contributed by atoms with van der Waals surface area (Å²) in [7, 11) is 0. The van der Waals surface area contributed by atoms with Gasteiger partial charge < -0.3 is 20.7 Å². The Morgan fingerprint density at radius 2 is 1.65 bits per heavy atom. The minimum atomic E-state index is -0.921. The number of halogens is 1. The molecular formula is C21H41IN5O4+. The van der Waals surface area contributed by atoms with Gasteiger partial charge in [-0.05, 0) is 38.5 Å². The molecule has 7 unspecified atom stereocenters. The van der Waals surface area contributed by atoms with E-state index in [2.05, 4.69) is 41.9 Å². The summed E-state index contributed by atoms with van der Waals surface area (Å²) >= 11 is 2.55.